The van der Waals surface area contributed by atoms with Crippen molar-refractivity contribution in [2.24, 2.45) is 4.99 Å². The van der Waals surface area contributed by atoms with E-state index in [4.69, 9.17) is 4.74 Å². The molecule has 66 valence electrons. The van der Waals surface area contributed by atoms with E-state index in [0.29, 0.717) is 0 Å². The van der Waals surface area contributed by atoms with Gasteiger partial charge < -0.3 is 4.74 Å². The third-order valence-electron chi connectivity index (χ3n) is 2.07. The van der Waals surface area contributed by atoms with Crippen molar-refractivity contribution < 1.29 is 4.74 Å². The van der Waals surface area contributed by atoms with Crippen LogP contribution in [-0.2, 0) is 0 Å². The van der Waals surface area contributed by atoms with Crippen LogP contribution in [0.1, 0.15) is 12.0 Å². The van der Waals surface area contributed by atoms with Crippen LogP contribution in [0.3, 0.4) is 0 Å². The monoisotopic (exact) mass is 173 g/mol. The van der Waals surface area contributed by atoms with Crippen LogP contribution in [-0.4, -0.2) is 12.8 Å². The van der Waals surface area contributed by atoms with Gasteiger partial charge in [0.15, 0.2) is 0 Å². The third kappa shape index (κ3) is 1.61. The van der Waals surface area contributed by atoms with Crippen LogP contribution in [0.25, 0.3) is 0 Å². The van der Waals surface area contributed by atoms with E-state index >= 15 is 0 Å². The summed E-state index contributed by atoms with van der Waals surface area (Å²) in [5.41, 5.74) is 2.30. The average molecular weight is 173 g/mol. The molecule has 0 amide bonds. The molecule has 0 saturated carbocycles. The first-order valence-corrected chi connectivity index (χ1v) is 4.26. The Kier molecular flexibility index (Phi) is 2.13. The fourth-order valence-corrected chi connectivity index (χ4v) is 1.34. The second kappa shape index (κ2) is 3.44. The van der Waals surface area contributed by atoms with Gasteiger partial charge in [-0.3, -0.25) is 4.99 Å². The molecule has 1 aliphatic rings. The van der Waals surface area contributed by atoms with Gasteiger partial charge in [-0.25, -0.2) is 0 Å². The number of allylic oxidation sites excluding steroid dienone is 1. The number of hydrogen-bond acceptors (Lipinski definition) is 2. The van der Waals surface area contributed by atoms with Crippen LogP contribution in [0, 0.1) is 0 Å². The highest BCUT2D eigenvalue weighted by atomic mass is 16.5. The summed E-state index contributed by atoms with van der Waals surface area (Å²) in [7, 11) is 1.67. The number of aliphatic imine (C=N–C) groups is 1. The Labute approximate surface area is 77.6 Å². The Morgan fingerprint density at radius 1 is 1.23 bits per heavy atom. The second-order valence-corrected chi connectivity index (χ2v) is 2.89. The van der Waals surface area contributed by atoms with Crippen molar-refractivity contribution in [1.82, 2.24) is 0 Å². The Morgan fingerprint density at radius 2 is 2.00 bits per heavy atom. The van der Waals surface area contributed by atoms with E-state index in [9.17, 15) is 0 Å². The van der Waals surface area contributed by atoms with E-state index in [-0.39, 0.29) is 0 Å². The first-order valence-electron chi connectivity index (χ1n) is 4.26. The Hall–Kier alpha value is -1.57. The molecule has 0 N–H and O–H groups in total. The van der Waals surface area contributed by atoms with Crippen LogP contribution in [0.15, 0.2) is 41.5 Å². The summed E-state index contributed by atoms with van der Waals surface area (Å²) in [4.78, 5) is 4.26. The first-order chi connectivity index (χ1) is 6.40. The van der Waals surface area contributed by atoms with E-state index in [2.05, 4.69) is 11.1 Å². The normalized spacial score (nSPS) is 14.4. The smallest absolute Gasteiger partial charge is 0.118 e. The Bertz CT molecular complexity index is 349. The molecule has 0 spiro atoms. The van der Waals surface area contributed by atoms with Crippen LogP contribution in [0.2, 0.25) is 0 Å². The van der Waals surface area contributed by atoms with Gasteiger partial charge in [-0.1, -0.05) is 6.08 Å². The lowest BCUT2D eigenvalue weighted by atomic mass is 10.1. The average Bonchev–Trinajstić information content (AvgIpc) is 2.71. The molecule has 1 aromatic carbocycles. The summed E-state index contributed by atoms with van der Waals surface area (Å²) in [6.07, 6.45) is 4.84. The molecule has 1 aliphatic heterocycles. The lowest BCUT2D eigenvalue weighted by Gasteiger charge is -2.02. The maximum Gasteiger partial charge on any atom is 0.118 e. The van der Waals surface area contributed by atoms with Gasteiger partial charge in [-0.2, -0.15) is 0 Å². The number of nitrogens with zero attached hydrogens (tertiary/aromatic N) is 1. The molecule has 13 heavy (non-hydrogen) atoms. The van der Waals surface area contributed by atoms with Crippen LogP contribution < -0.4 is 4.74 Å². The third-order valence-corrected chi connectivity index (χ3v) is 2.07. The molecule has 0 unspecified atom stereocenters. The van der Waals surface area contributed by atoms with Gasteiger partial charge in [0.25, 0.3) is 0 Å². The maximum absolute atomic E-state index is 5.08. The van der Waals surface area contributed by atoms with Gasteiger partial charge in [-0.15, -0.1) is 0 Å². The number of methoxy groups -OCH3 is 1. The van der Waals surface area contributed by atoms with Gasteiger partial charge in [0, 0.05) is 12.6 Å². The van der Waals surface area contributed by atoms with Gasteiger partial charge in [-0.05, 0) is 29.8 Å². The Balaban J connectivity index is 2.23. The van der Waals surface area contributed by atoms with Crippen molar-refractivity contribution in [1.29, 1.82) is 0 Å². The summed E-state index contributed by atoms with van der Waals surface area (Å²) in [5.74, 6) is 0.885. The highest BCUT2D eigenvalue weighted by Gasteiger charge is 2.04. The first kappa shape index (κ1) is 8.05. The van der Waals surface area contributed by atoms with Crippen LogP contribution in [0.4, 0.5) is 0 Å². The minimum absolute atomic E-state index is 0.885. The fourth-order valence-electron chi connectivity index (χ4n) is 1.34. The number of benzene rings is 1. The van der Waals surface area contributed by atoms with E-state index < -0.39 is 0 Å². The zero-order chi connectivity index (χ0) is 9.10. The molecule has 0 fully saturated rings. The Morgan fingerprint density at radius 3 is 2.54 bits per heavy atom. The summed E-state index contributed by atoms with van der Waals surface area (Å²) in [6.45, 7) is 0. The number of ether oxygens (including phenoxy) is 1. The standard InChI is InChI=1S/C11H11NO/c1-13-10-6-4-9(5-7-10)11-3-2-8-12-11/h2,4-8H,3H2,1H3. The van der Waals surface area contributed by atoms with Gasteiger partial charge in [0.1, 0.15) is 5.75 Å². The predicted molar refractivity (Wildman–Crippen MR) is 53.3 cm³/mol. The van der Waals surface area contributed by atoms with E-state index in [1.54, 1.807) is 7.11 Å². The molecular formula is C11H11NO. The minimum atomic E-state index is 0.885. The summed E-state index contributed by atoms with van der Waals surface area (Å²) < 4.78 is 5.08. The summed E-state index contributed by atoms with van der Waals surface area (Å²) in [6, 6.07) is 7.97. The molecule has 1 heterocycles. The van der Waals surface area contributed by atoms with Crippen molar-refractivity contribution >= 4 is 5.71 Å². The fraction of sp³-hybridized carbons (Fsp3) is 0.182. The van der Waals surface area contributed by atoms with Crippen LogP contribution >= 0.6 is 0 Å². The summed E-state index contributed by atoms with van der Waals surface area (Å²) >= 11 is 0. The highest BCUT2D eigenvalue weighted by Crippen LogP contribution is 2.15. The molecule has 0 saturated heterocycles. The molecule has 0 aromatic heterocycles. The van der Waals surface area contributed by atoms with Crippen molar-refractivity contribution in [3.05, 3.63) is 42.1 Å². The molecule has 0 bridgehead atoms. The number of rotatable bonds is 2. The second-order valence-electron chi connectivity index (χ2n) is 2.89. The molecule has 2 rings (SSSR count). The van der Waals surface area contributed by atoms with E-state index in [0.717, 1.165) is 17.9 Å². The van der Waals surface area contributed by atoms with Crippen molar-refractivity contribution in [2.45, 2.75) is 6.42 Å². The molecule has 1 aromatic rings. The predicted octanol–water partition coefficient (Wildman–Crippen LogP) is 2.40. The van der Waals surface area contributed by atoms with Gasteiger partial charge in [0.05, 0.1) is 12.8 Å². The molecule has 2 heteroatoms. The molecular weight excluding hydrogens is 162 g/mol. The molecule has 0 atom stereocenters. The number of hydrogen-bond donors (Lipinski definition) is 0. The molecule has 0 aliphatic carbocycles. The lowest BCUT2D eigenvalue weighted by Crippen LogP contribution is -1.95. The van der Waals surface area contributed by atoms with Gasteiger partial charge >= 0.3 is 0 Å². The lowest BCUT2D eigenvalue weighted by molar-refractivity contribution is 0.415. The zero-order valence-electron chi connectivity index (χ0n) is 7.53. The molecule has 2 nitrogen and oxygen atoms in total. The van der Waals surface area contributed by atoms with E-state index in [1.807, 2.05) is 30.5 Å². The van der Waals surface area contributed by atoms with Crippen molar-refractivity contribution in [2.75, 3.05) is 7.11 Å². The van der Waals surface area contributed by atoms with Crippen molar-refractivity contribution in [3.63, 3.8) is 0 Å². The zero-order valence-corrected chi connectivity index (χ0v) is 7.53. The molecule has 0 radical (unpaired) electrons. The quantitative estimate of drug-likeness (QED) is 0.673. The van der Waals surface area contributed by atoms with E-state index in [1.165, 1.54) is 5.56 Å². The largest absolute Gasteiger partial charge is 0.497 e. The van der Waals surface area contributed by atoms with Gasteiger partial charge in [0.2, 0.25) is 0 Å². The SMILES string of the molecule is COc1ccc(C2=NC=CC2)cc1. The topological polar surface area (TPSA) is 21.6 Å². The highest BCUT2D eigenvalue weighted by molar-refractivity contribution is 6.03. The maximum atomic E-state index is 5.08. The summed E-state index contributed by atoms with van der Waals surface area (Å²) in [5, 5.41) is 0. The minimum Gasteiger partial charge on any atom is -0.497 e. The van der Waals surface area contributed by atoms with Crippen molar-refractivity contribution in [3.8, 4) is 5.75 Å². The van der Waals surface area contributed by atoms with Crippen LogP contribution in [0.5, 0.6) is 5.75 Å².